The lowest BCUT2D eigenvalue weighted by Crippen LogP contribution is -2.37. The highest BCUT2D eigenvalue weighted by molar-refractivity contribution is 7.13. The Bertz CT molecular complexity index is 802. The summed E-state index contributed by atoms with van der Waals surface area (Å²) < 4.78 is 10.9. The molecule has 6 nitrogen and oxygen atoms in total. The molecule has 3 rings (SSSR count). The van der Waals surface area contributed by atoms with Crippen LogP contribution < -0.4 is 10.1 Å². The zero-order chi connectivity index (χ0) is 18.7. The number of ether oxygens (including phenoxy) is 2. The first-order valence-electron chi connectivity index (χ1n) is 8.28. The lowest BCUT2D eigenvalue weighted by Gasteiger charge is -2.12. The van der Waals surface area contributed by atoms with Crippen molar-refractivity contribution in [3.8, 4) is 5.75 Å². The van der Waals surface area contributed by atoms with Gasteiger partial charge in [-0.1, -0.05) is 11.6 Å². The van der Waals surface area contributed by atoms with Gasteiger partial charge in [-0.25, -0.2) is 9.78 Å². The van der Waals surface area contributed by atoms with Crippen LogP contribution in [0.4, 0.5) is 0 Å². The van der Waals surface area contributed by atoms with Gasteiger partial charge in [0.05, 0.1) is 5.69 Å². The molecule has 0 saturated heterocycles. The zero-order valence-corrected chi connectivity index (χ0v) is 16.0. The fraction of sp³-hybridized carbons (Fsp3) is 0.389. The maximum atomic E-state index is 12.3. The van der Waals surface area contributed by atoms with Crippen molar-refractivity contribution in [2.75, 3.05) is 0 Å². The van der Waals surface area contributed by atoms with E-state index in [4.69, 9.17) is 21.1 Å². The number of nitrogens with one attached hydrogen (secondary N) is 1. The van der Waals surface area contributed by atoms with Crippen LogP contribution in [0.25, 0.3) is 0 Å². The average Bonchev–Trinajstić information content (AvgIpc) is 3.34. The van der Waals surface area contributed by atoms with E-state index in [0.29, 0.717) is 26.4 Å². The Morgan fingerprint density at radius 3 is 2.69 bits per heavy atom. The summed E-state index contributed by atoms with van der Waals surface area (Å²) in [6.45, 7) is 3.53. The monoisotopic (exact) mass is 394 g/mol. The van der Waals surface area contributed by atoms with Gasteiger partial charge in [-0.15, -0.1) is 11.3 Å². The predicted octanol–water partition coefficient (Wildman–Crippen LogP) is 3.51. The Hall–Kier alpha value is -2.12. The smallest absolute Gasteiger partial charge is 0.351 e. The second-order valence-electron chi connectivity index (χ2n) is 6.10. The summed E-state index contributed by atoms with van der Waals surface area (Å²) in [4.78, 5) is 28.9. The van der Waals surface area contributed by atoms with E-state index in [1.807, 2.05) is 0 Å². The van der Waals surface area contributed by atoms with Gasteiger partial charge in [0, 0.05) is 11.1 Å². The molecule has 138 valence electrons. The minimum atomic E-state index is -0.835. The Balaban J connectivity index is 1.56. The van der Waals surface area contributed by atoms with Crippen LogP contribution in [0.5, 0.6) is 5.75 Å². The van der Waals surface area contributed by atoms with Crippen molar-refractivity contribution in [1.82, 2.24) is 10.3 Å². The summed E-state index contributed by atoms with van der Waals surface area (Å²) in [5.41, 5.74) is 0.560. The zero-order valence-electron chi connectivity index (χ0n) is 14.5. The molecule has 0 aliphatic heterocycles. The maximum absolute atomic E-state index is 12.3. The van der Waals surface area contributed by atoms with E-state index in [-0.39, 0.29) is 18.6 Å². The summed E-state index contributed by atoms with van der Waals surface area (Å²) in [5.74, 6) is -0.151. The fourth-order valence-corrected chi connectivity index (χ4v) is 3.18. The van der Waals surface area contributed by atoms with Gasteiger partial charge in [-0.3, -0.25) is 4.79 Å². The van der Waals surface area contributed by atoms with Crippen LogP contribution in [-0.4, -0.2) is 29.0 Å². The van der Waals surface area contributed by atoms with Crippen LogP contribution in [0.1, 0.15) is 40.1 Å². The van der Waals surface area contributed by atoms with Crippen molar-refractivity contribution >= 4 is 34.8 Å². The third-order valence-corrected chi connectivity index (χ3v) is 5.14. The number of thiazole rings is 1. The Kier molecular flexibility index (Phi) is 5.78. The van der Waals surface area contributed by atoms with E-state index in [1.165, 1.54) is 11.3 Å². The van der Waals surface area contributed by atoms with Gasteiger partial charge >= 0.3 is 5.97 Å². The second kappa shape index (κ2) is 8.05. The van der Waals surface area contributed by atoms with Crippen LogP contribution >= 0.6 is 22.9 Å². The number of esters is 1. The standard InChI is InChI=1S/C18H19ClN2O4S/c1-10-16(18(23)25-11(2)17(22)21-13-5-6-13)26-15(20-10)9-24-14-7-3-12(19)4-8-14/h3-4,7-8,11,13H,5-6,9H2,1-2H3,(H,21,22)/t11-/m1/s1. The molecule has 0 spiro atoms. The molecular formula is C18H19ClN2O4S. The largest absolute Gasteiger partial charge is 0.486 e. The molecule has 2 aromatic rings. The molecule has 1 aromatic heterocycles. The Morgan fingerprint density at radius 2 is 2.04 bits per heavy atom. The van der Waals surface area contributed by atoms with Gasteiger partial charge in [0.25, 0.3) is 5.91 Å². The minimum Gasteiger partial charge on any atom is -0.486 e. The molecule has 8 heteroatoms. The van der Waals surface area contributed by atoms with Gasteiger partial charge in [0.2, 0.25) is 0 Å². The van der Waals surface area contributed by atoms with Crippen LogP contribution in [0.3, 0.4) is 0 Å². The highest BCUT2D eigenvalue weighted by Gasteiger charge is 2.28. The number of benzene rings is 1. The van der Waals surface area contributed by atoms with E-state index >= 15 is 0 Å². The van der Waals surface area contributed by atoms with E-state index in [1.54, 1.807) is 38.1 Å². The summed E-state index contributed by atoms with van der Waals surface area (Å²) in [6, 6.07) is 7.23. The van der Waals surface area contributed by atoms with E-state index in [0.717, 1.165) is 12.8 Å². The number of carbonyl (C=O) groups is 2. The predicted molar refractivity (Wildman–Crippen MR) is 98.7 cm³/mol. The molecule has 0 radical (unpaired) electrons. The molecule has 1 fully saturated rings. The van der Waals surface area contributed by atoms with Gasteiger partial charge in [0.15, 0.2) is 6.10 Å². The van der Waals surface area contributed by atoms with Crippen molar-refractivity contribution in [2.45, 2.75) is 45.4 Å². The minimum absolute atomic E-state index is 0.227. The molecule has 1 aliphatic rings. The number of rotatable bonds is 7. The quantitative estimate of drug-likeness (QED) is 0.727. The molecule has 1 aliphatic carbocycles. The van der Waals surface area contributed by atoms with Crippen LogP contribution in [-0.2, 0) is 16.1 Å². The Morgan fingerprint density at radius 1 is 1.35 bits per heavy atom. The second-order valence-corrected chi connectivity index (χ2v) is 7.62. The number of hydrogen-bond donors (Lipinski definition) is 1. The number of hydrogen-bond acceptors (Lipinski definition) is 6. The van der Waals surface area contributed by atoms with Crippen LogP contribution in [0.15, 0.2) is 24.3 Å². The number of amides is 1. The number of aryl methyl sites for hydroxylation is 1. The molecule has 1 aromatic carbocycles. The number of halogens is 1. The molecule has 26 heavy (non-hydrogen) atoms. The lowest BCUT2D eigenvalue weighted by atomic mass is 10.3. The summed E-state index contributed by atoms with van der Waals surface area (Å²) in [5, 5.41) is 4.10. The van der Waals surface area contributed by atoms with E-state index in [2.05, 4.69) is 10.3 Å². The Labute approximate surface area is 160 Å². The number of aromatic nitrogens is 1. The molecule has 1 saturated carbocycles. The average molecular weight is 395 g/mol. The molecule has 1 amide bonds. The lowest BCUT2D eigenvalue weighted by molar-refractivity contribution is -0.129. The fourth-order valence-electron chi connectivity index (χ4n) is 2.19. The highest BCUT2D eigenvalue weighted by atomic mass is 35.5. The van der Waals surface area contributed by atoms with Gasteiger partial charge in [-0.05, 0) is 51.0 Å². The van der Waals surface area contributed by atoms with Crippen molar-refractivity contribution < 1.29 is 19.1 Å². The normalized spacial score (nSPS) is 14.6. The topological polar surface area (TPSA) is 77.5 Å². The molecule has 0 unspecified atom stereocenters. The molecule has 1 N–H and O–H groups in total. The van der Waals surface area contributed by atoms with Crippen molar-refractivity contribution in [2.24, 2.45) is 0 Å². The maximum Gasteiger partial charge on any atom is 0.351 e. The molecule has 1 heterocycles. The first-order chi connectivity index (χ1) is 12.4. The summed E-state index contributed by atoms with van der Waals surface area (Å²) in [6.07, 6.45) is 1.13. The SMILES string of the molecule is Cc1nc(COc2ccc(Cl)cc2)sc1C(=O)O[C@H](C)C(=O)NC1CC1. The van der Waals surface area contributed by atoms with Gasteiger partial charge in [-0.2, -0.15) is 0 Å². The van der Waals surface area contributed by atoms with Gasteiger partial charge in [0.1, 0.15) is 22.2 Å². The molecular weight excluding hydrogens is 376 g/mol. The van der Waals surface area contributed by atoms with Crippen molar-refractivity contribution in [3.63, 3.8) is 0 Å². The van der Waals surface area contributed by atoms with Crippen molar-refractivity contribution in [3.05, 3.63) is 44.9 Å². The third-order valence-electron chi connectivity index (χ3n) is 3.78. The van der Waals surface area contributed by atoms with E-state index < -0.39 is 12.1 Å². The first kappa shape index (κ1) is 18.7. The van der Waals surface area contributed by atoms with E-state index in [9.17, 15) is 9.59 Å². The molecule has 0 bridgehead atoms. The summed E-state index contributed by atoms with van der Waals surface area (Å²) >= 11 is 7.04. The number of nitrogens with zero attached hydrogens (tertiary/aromatic N) is 1. The first-order valence-corrected chi connectivity index (χ1v) is 9.48. The van der Waals surface area contributed by atoms with Gasteiger partial charge < -0.3 is 14.8 Å². The number of carbonyl (C=O) groups excluding carboxylic acids is 2. The third kappa shape index (κ3) is 4.95. The molecule has 1 atom stereocenters. The highest BCUT2D eigenvalue weighted by Crippen LogP contribution is 2.23. The van der Waals surface area contributed by atoms with Crippen LogP contribution in [0.2, 0.25) is 5.02 Å². The summed E-state index contributed by atoms with van der Waals surface area (Å²) in [7, 11) is 0. The van der Waals surface area contributed by atoms with Crippen molar-refractivity contribution in [1.29, 1.82) is 0 Å². The van der Waals surface area contributed by atoms with Crippen LogP contribution in [0, 0.1) is 6.92 Å².